The van der Waals surface area contributed by atoms with Crippen LogP contribution in [0.5, 0.6) is 0 Å². The van der Waals surface area contributed by atoms with Crippen LogP contribution in [-0.2, 0) is 0 Å². The number of rotatable bonds is 3. The molecule has 0 aliphatic carbocycles. The van der Waals surface area contributed by atoms with Gasteiger partial charge in [0.15, 0.2) is 0 Å². The standard InChI is InChI=1S/C5H15NO2S/c1-4-5-6(2)9(3,7)8/h7-8H,4-5H2,1-3H3. The summed E-state index contributed by atoms with van der Waals surface area (Å²) in [5.41, 5.74) is 0. The third-order valence-corrected chi connectivity index (χ3v) is 2.49. The van der Waals surface area contributed by atoms with Crippen LogP contribution in [0.1, 0.15) is 13.3 Å². The Kier molecular flexibility index (Phi) is 3.50. The summed E-state index contributed by atoms with van der Waals surface area (Å²) in [6, 6.07) is 0. The van der Waals surface area contributed by atoms with Crippen LogP contribution in [0, 0.1) is 0 Å². The Labute approximate surface area is 58.2 Å². The van der Waals surface area contributed by atoms with E-state index in [2.05, 4.69) is 0 Å². The largest absolute Gasteiger partial charge is 0.286 e. The van der Waals surface area contributed by atoms with Gasteiger partial charge in [-0.3, -0.25) is 9.11 Å². The molecule has 0 aromatic heterocycles. The van der Waals surface area contributed by atoms with Crippen LogP contribution in [0.4, 0.5) is 0 Å². The lowest BCUT2D eigenvalue weighted by atomic mass is 10.5. The molecule has 0 bridgehead atoms. The van der Waals surface area contributed by atoms with Gasteiger partial charge in [-0.1, -0.05) is 6.92 Å². The van der Waals surface area contributed by atoms with Gasteiger partial charge in [0.2, 0.25) is 0 Å². The third-order valence-electron chi connectivity index (χ3n) is 1.13. The molecule has 0 rings (SSSR count). The fourth-order valence-electron chi connectivity index (χ4n) is 0.488. The second kappa shape index (κ2) is 3.41. The van der Waals surface area contributed by atoms with Gasteiger partial charge in [-0.25, -0.2) is 4.31 Å². The molecular formula is C5H15NO2S. The summed E-state index contributed by atoms with van der Waals surface area (Å²) in [5, 5.41) is 0. The highest BCUT2D eigenvalue weighted by Crippen LogP contribution is 2.36. The van der Waals surface area contributed by atoms with Crippen molar-refractivity contribution in [3.05, 3.63) is 0 Å². The van der Waals surface area contributed by atoms with Crippen molar-refractivity contribution in [2.24, 2.45) is 0 Å². The first-order chi connectivity index (χ1) is 3.98. The van der Waals surface area contributed by atoms with Gasteiger partial charge in [0.25, 0.3) is 0 Å². The van der Waals surface area contributed by atoms with E-state index in [1.165, 1.54) is 6.26 Å². The molecule has 4 heteroatoms. The van der Waals surface area contributed by atoms with Crippen LogP contribution in [0.25, 0.3) is 0 Å². The van der Waals surface area contributed by atoms with Crippen molar-refractivity contribution < 1.29 is 9.11 Å². The normalized spacial score (nSPS) is 14.4. The van der Waals surface area contributed by atoms with Gasteiger partial charge in [-0.15, -0.1) is 10.8 Å². The predicted molar refractivity (Wildman–Crippen MR) is 41.7 cm³/mol. The smallest absolute Gasteiger partial charge is 0.0418 e. The summed E-state index contributed by atoms with van der Waals surface area (Å²) >= 11 is 0. The Hall–Kier alpha value is 0.230. The van der Waals surface area contributed by atoms with E-state index >= 15 is 0 Å². The van der Waals surface area contributed by atoms with Crippen molar-refractivity contribution in [1.29, 1.82) is 0 Å². The molecule has 0 radical (unpaired) electrons. The quantitative estimate of drug-likeness (QED) is 0.647. The van der Waals surface area contributed by atoms with Gasteiger partial charge in [0, 0.05) is 19.8 Å². The van der Waals surface area contributed by atoms with Crippen LogP contribution < -0.4 is 0 Å². The Bertz CT molecular complexity index is 81.5. The summed E-state index contributed by atoms with van der Waals surface area (Å²) in [6.45, 7) is 2.74. The summed E-state index contributed by atoms with van der Waals surface area (Å²) < 4.78 is 19.5. The molecular weight excluding hydrogens is 138 g/mol. The molecule has 0 atom stereocenters. The predicted octanol–water partition coefficient (Wildman–Crippen LogP) is 1.62. The van der Waals surface area contributed by atoms with Gasteiger partial charge in [-0.05, 0) is 6.42 Å². The molecule has 0 aliphatic rings. The second-order valence-electron chi connectivity index (χ2n) is 2.14. The van der Waals surface area contributed by atoms with Crippen molar-refractivity contribution in [2.45, 2.75) is 13.3 Å². The van der Waals surface area contributed by atoms with E-state index in [-0.39, 0.29) is 0 Å². The van der Waals surface area contributed by atoms with E-state index in [1.807, 2.05) is 6.92 Å². The molecule has 0 saturated carbocycles. The van der Waals surface area contributed by atoms with E-state index in [0.29, 0.717) is 0 Å². The molecule has 0 aromatic rings. The zero-order valence-corrected chi connectivity index (χ0v) is 6.98. The van der Waals surface area contributed by atoms with Crippen molar-refractivity contribution >= 4 is 10.8 Å². The number of hydrogen-bond donors (Lipinski definition) is 2. The lowest BCUT2D eigenvalue weighted by molar-refractivity contribution is 0.390. The average molecular weight is 153 g/mol. The average Bonchev–Trinajstić information content (AvgIpc) is 1.64. The molecule has 0 fully saturated rings. The highest BCUT2D eigenvalue weighted by molar-refractivity contribution is 8.21. The summed E-state index contributed by atoms with van der Waals surface area (Å²) in [6.07, 6.45) is 2.38. The second-order valence-corrected chi connectivity index (χ2v) is 4.35. The highest BCUT2D eigenvalue weighted by Gasteiger charge is 2.09. The van der Waals surface area contributed by atoms with Crippen molar-refractivity contribution in [1.82, 2.24) is 4.31 Å². The third kappa shape index (κ3) is 3.75. The van der Waals surface area contributed by atoms with Crippen LogP contribution in [0.15, 0.2) is 0 Å². The number of hydrogen-bond acceptors (Lipinski definition) is 3. The van der Waals surface area contributed by atoms with Gasteiger partial charge in [0.05, 0.1) is 0 Å². The van der Waals surface area contributed by atoms with Crippen LogP contribution >= 0.6 is 10.8 Å². The maximum atomic E-state index is 8.98. The fraction of sp³-hybridized carbons (Fsp3) is 1.00. The number of nitrogens with zero attached hydrogens (tertiary/aromatic N) is 1. The Morgan fingerprint density at radius 2 is 1.89 bits per heavy atom. The molecule has 0 saturated heterocycles. The van der Waals surface area contributed by atoms with Crippen molar-refractivity contribution in [3.8, 4) is 0 Å². The minimum atomic E-state index is -2.43. The van der Waals surface area contributed by atoms with Gasteiger partial charge in [-0.2, -0.15) is 0 Å². The maximum absolute atomic E-state index is 8.98. The fourth-order valence-corrected chi connectivity index (χ4v) is 1.02. The topological polar surface area (TPSA) is 43.7 Å². The lowest BCUT2D eigenvalue weighted by Gasteiger charge is -2.36. The summed E-state index contributed by atoms with van der Waals surface area (Å²) in [5.74, 6) is 0. The molecule has 0 aliphatic heterocycles. The van der Waals surface area contributed by atoms with E-state index in [1.54, 1.807) is 11.4 Å². The molecule has 58 valence electrons. The first-order valence-electron chi connectivity index (χ1n) is 2.93. The molecule has 0 heterocycles. The zero-order valence-electron chi connectivity index (χ0n) is 6.16. The monoisotopic (exact) mass is 153 g/mol. The Morgan fingerprint density at radius 1 is 1.44 bits per heavy atom. The SMILES string of the molecule is CCCN(C)S(C)(O)O. The van der Waals surface area contributed by atoms with Gasteiger partial charge >= 0.3 is 0 Å². The van der Waals surface area contributed by atoms with Crippen LogP contribution in [-0.4, -0.2) is 33.3 Å². The maximum Gasteiger partial charge on any atom is 0.0418 e. The molecule has 3 nitrogen and oxygen atoms in total. The first kappa shape index (κ1) is 9.23. The van der Waals surface area contributed by atoms with Crippen LogP contribution in [0.3, 0.4) is 0 Å². The molecule has 9 heavy (non-hydrogen) atoms. The van der Waals surface area contributed by atoms with E-state index in [0.717, 1.165) is 13.0 Å². The minimum Gasteiger partial charge on any atom is -0.286 e. The molecule has 0 unspecified atom stereocenters. The van der Waals surface area contributed by atoms with Crippen molar-refractivity contribution in [3.63, 3.8) is 0 Å². The Balaban J connectivity index is 3.59. The highest BCUT2D eigenvalue weighted by atomic mass is 32.3. The van der Waals surface area contributed by atoms with E-state index in [4.69, 9.17) is 9.11 Å². The Morgan fingerprint density at radius 3 is 2.00 bits per heavy atom. The van der Waals surface area contributed by atoms with Gasteiger partial charge < -0.3 is 0 Å². The van der Waals surface area contributed by atoms with Crippen LogP contribution in [0.2, 0.25) is 0 Å². The summed E-state index contributed by atoms with van der Waals surface area (Å²) in [7, 11) is -0.724. The lowest BCUT2D eigenvalue weighted by Crippen LogP contribution is -2.22. The van der Waals surface area contributed by atoms with E-state index < -0.39 is 10.8 Å². The minimum absolute atomic E-state index is 0.735. The van der Waals surface area contributed by atoms with Crippen molar-refractivity contribution in [2.75, 3.05) is 19.8 Å². The molecule has 0 spiro atoms. The van der Waals surface area contributed by atoms with E-state index in [9.17, 15) is 0 Å². The molecule has 0 aromatic carbocycles. The van der Waals surface area contributed by atoms with Gasteiger partial charge in [0.1, 0.15) is 0 Å². The zero-order chi connectivity index (χ0) is 7.49. The first-order valence-corrected chi connectivity index (χ1v) is 4.84. The molecule has 2 N–H and O–H groups in total. The molecule has 0 amide bonds. The summed E-state index contributed by atoms with van der Waals surface area (Å²) in [4.78, 5) is 0.